The highest BCUT2D eigenvalue weighted by atomic mass is 16.8. The maximum absolute atomic E-state index is 11.8. The smallest absolute Gasteiger partial charge is 0.364 e. The standard InChI is InChI=1S/C13H18O7/c1-6-8(14)9(15)10(18-6)7-5-17-12(19-7)11(16)20-13(2,3)4/h7,10,12,14-15H,1,5H2,2-4H3/t7-,10+,12?/m0/s1. The number of hydrogen-bond acceptors (Lipinski definition) is 7. The molecule has 20 heavy (non-hydrogen) atoms. The Kier molecular flexibility index (Phi) is 3.66. The van der Waals surface area contributed by atoms with Gasteiger partial charge in [0.05, 0.1) is 6.61 Å². The molecule has 3 atom stereocenters. The van der Waals surface area contributed by atoms with Crippen molar-refractivity contribution in [1.82, 2.24) is 0 Å². The lowest BCUT2D eigenvalue weighted by molar-refractivity contribution is -0.187. The summed E-state index contributed by atoms with van der Waals surface area (Å²) < 4.78 is 20.8. The molecular weight excluding hydrogens is 268 g/mol. The van der Waals surface area contributed by atoms with Gasteiger partial charge in [-0.15, -0.1) is 0 Å². The summed E-state index contributed by atoms with van der Waals surface area (Å²) in [7, 11) is 0. The molecule has 1 unspecified atom stereocenters. The molecule has 0 aliphatic carbocycles. The van der Waals surface area contributed by atoms with Crippen molar-refractivity contribution >= 4 is 5.97 Å². The van der Waals surface area contributed by atoms with E-state index in [4.69, 9.17) is 18.9 Å². The van der Waals surface area contributed by atoms with Crippen LogP contribution in [0.2, 0.25) is 0 Å². The van der Waals surface area contributed by atoms with E-state index in [1.807, 2.05) is 0 Å². The lowest BCUT2D eigenvalue weighted by Gasteiger charge is -2.22. The molecule has 7 heteroatoms. The Labute approximate surface area is 116 Å². The highest BCUT2D eigenvalue weighted by Crippen LogP contribution is 2.31. The molecule has 0 bridgehead atoms. The number of carbonyl (C=O) groups is 1. The number of carbonyl (C=O) groups excluding carboxylic acids is 1. The van der Waals surface area contributed by atoms with E-state index in [1.165, 1.54) is 0 Å². The van der Waals surface area contributed by atoms with Gasteiger partial charge in [-0.05, 0) is 20.8 Å². The van der Waals surface area contributed by atoms with Crippen LogP contribution < -0.4 is 0 Å². The maximum Gasteiger partial charge on any atom is 0.364 e. The molecule has 0 amide bonds. The van der Waals surface area contributed by atoms with Crippen LogP contribution in [0, 0.1) is 0 Å². The number of aliphatic hydroxyl groups excluding tert-OH is 2. The van der Waals surface area contributed by atoms with Gasteiger partial charge >= 0.3 is 5.97 Å². The average molecular weight is 286 g/mol. The predicted molar refractivity (Wildman–Crippen MR) is 66.8 cm³/mol. The van der Waals surface area contributed by atoms with Gasteiger partial charge in [0.15, 0.2) is 23.4 Å². The van der Waals surface area contributed by atoms with Crippen LogP contribution in [0.4, 0.5) is 0 Å². The average Bonchev–Trinajstić information content (AvgIpc) is 2.88. The van der Waals surface area contributed by atoms with E-state index < -0.39 is 35.8 Å². The van der Waals surface area contributed by atoms with Crippen molar-refractivity contribution in [3.63, 3.8) is 0 Å². The predicted octanol–water partition coefficient (Wildman–Crippen LogP) is 1.31. The van der Waals surface area contributed by atoms with Crippen molar-refractivity contribution in [1.29, 1.82) is 0 Å². The second-order valence-corrected chi connectivity index (χ2v) is 5.57. The molecule has 1 fully saturated rings. The fraction of sp³-hybridized carbons (Fsp3) is 0.615. The van der Waals surface area contributed by atoms with Crippen LogP contribution in [0.5, 0.6) is 0 Å². The van der Waals surface area contributed by atoms with Crippen LogP contribution in [0.15, 0.2) is 23.9 Å². The highest BCUT2D eigenvalue weighted by molar-refractivity contribution is 5.73. The molecule has 0 aromatic heterocycles. The van der Waals surface area contributed by atoms with Gasteiger partial charge in [0.25, 0.3) is 6.29 Å². The van der Waals surface area contributed by atoms with Gasteiger partial charge in [0.2, 0.25) is 0 Å². The van der Waals surface area contributed by atoms with Crippen LogP contribution in [-0.2, 0) is 23.7 Å². The van der Waals surface area contributed by atoms with Crippen LogP contribution in [0.25, 0.3) is 0 Å². The molecule has 0 radical (unpaired) electrons. The second kappa shape index (κ2) is 4.99. The number of hydrogen-bond donors (Lipinski definition) is 2. The van der Waals surface area contributed by atoms with Crippen LogP contribution in [0.3, 0.4) is 0 Å². The van der Waals surface area contributed by atoms with E-state index >= 15 is 0 Å². The number of ether oxygens (including phenoxy) is 4. The Balaban J connectivity index is 1.97. The molecule has 2 rings (SSSR count). The molecule has 0 spiro atoms. The van der Waals surface area contributed by atoms with E-state index in [9.17, 15) is 15.0 Å². The molecule has 2 aliphatic heterocycles. The van der Waals surface area contributed by atoms with Gasteiger partial charge in [0, 0.05) is 0 Å². The van der Waals surface area contributed by atoms with Crippen molar-refractivity contribution < 1.29 is 34.0 Å². The quantitative estimate of drug-likeness (QED) is 0.739. The van der Waals surface area contributed by atoms with E-state index in [1.54, 1.807) is 20.8 Å². The van der Waals surface area contributed by atoms with E-state index in [0.29, 0.717) is 0 Å². The fourth-order valence-electron chi connectivity index (χ4n) is 1.85. The monoisotopic (exact) mass is 286 g/mol. The molecule has 0 saturated carbocycles. The first-order valence-corrected chi connectivity index (χ1v) is 6.17. The lowest BCUT2D eigenvalue weighted by atomic mass is 10.2. The SMILES string of the molecule is C=C1O[C@H]([C@@H]2COC(C(=O)OC(C)(C)C)O2)C(O)=C1O. The topological polar surface area (TPSA) is 94.5 Å². The highest BCUT2D eigenvalue weighted by Gasteiger charge is 2.44. The molecular formula is C13H18O7. The zero-order valence-corrected chi connectivity index (χ0v) is 11.6. The first-order valence-electron chi connectivity index (χ1n) is 6.17. The Morgan fingerprint density at radius 1 is 1.40 bits per heavy atom. The normalized spacial score (nSPS) is 30.6. The summed E-state index contributed by atoms with van der Waals surface area (Å²) in [5.74, 6) is -1.49. The summed E-state index contributed by atoms with van der Waals surface area (Å²) in [6.07, 6.45) is -2.84. The van der Waals surface area contributed by atoms with Crippen molar-refractivity contribution in [2.45, 2.75) is 44.9 Å². The molecule has 112 valence electrons. The van der Waals surface area contributed by atoms with Crippen LogP contribution in [-0.4, -0.2) is 46.9 Å². The third-order valence-corrected chi connectivity index (χ3v) is 2.69. The molecule has 2 aliphatic rings. The van der Waals surface area contributed by atoms with Gasteiger partial charge in [-0.2, -0.15) is 0 Å². The third kappa shape index (κ3) is 2.88. The first kappa shape index (κ1) is 14.7. The first-order chi connectivity index (χ1) is 9.19. The number of esters is 1. The van der Waals surface area contributed by atoms with Gasteiger partial charge in [-0.1, -0.05) is 6.58 Å². The number of rotatable bonds is 2. The van der Waals surface area contributed by atoms with Crippen molar-refractivity contribution in [3.8, 4) is 0 Å². The molecule has 0 aromatic rings. The summed E-state index contributed by atoms with van der Waals surface area (Å²) in [5.41, 5.74) is -0.652. The Morgan fingerprint density at radius 2 is 2.05 bits per heavy atom. The minimum atomic E-state index is -1.17. The van der Waals surface area contributed by atoms with Gasteiger partial charge in [-0.3, -0.25) is 0 Å². The van der Waals surface area contributed by atoms with E-state index in [2.05, 4.69) is 6.58 Å². The molecule has 0 aromatic carbocycles. The summed E-state index contributed by atoms with van der Waals surface area (Å²) >= 11 is 0. The van der Waals surface area contributed by atoms with Gasteiger partial charge in [0.1, 0.15) is 11.7 Å². The molecule has 7 nitrogen and oxygen atoms in total. The maximum atomic E-state index is 11.8. The Bertz CT molecular complexity index is 460. The van der Waals surface area contributed by atoms with Crippen molar-refractivity contribution in [2.24, 2.45) is 0 Å². The lowest BCUT2D eigenvalue weighted by Crippen LogP contribution is -2.35. The third-order valence-electron chi connectivity index (χ3n) is 2.69. The summed E-state index contributed by atoms with van der Waals surface area (Å²) in [6, 6.07) is 0. The summed E-state index contributed by atoms with van der Waals surface area (Å²) in [6.45, 7) is 8.65. The Hall–Kier alpha value is -1.73. The van der Waals surface area contributed by atoms with E-state index in [0.717, 1.165) is 0 Å². The minimum absolute atomic E-state index is 0.0270. The number of aliphatic hydroxyl groups is 2. The zero-order chi connectivity index (χ0) is 15.1. The van der Waals surface area contributed by atoms with Crippen LogP contribution >= 0.6 is 0 Å². The Morgan fingerprint density at radius 3 is 2.55 bits per heavy atom. The molecule has 1 saturated heterocycles. The summed E-state index contributed by atoms with van der Waals surface area (Å²) in [4.78, 5) is 11.8. The van der Waals surface area contributed by atoms with Gasteiger partial charge in [-0.25, -0.2) is 4.79 Å². The van der Waals surface area contributed by atoms with Crippen LogP contribution in [0.1, 0.15) is 20.8 Å². The molecule has 2 N–H and O–H groups in total. The van der Waals surface area contributed by atoms with Crippen molar-refractivity contribution in [3.05, 3.63) is 23.9 Å². The summed E-state index contributed by atoms with van der Waals surface area (Å²) in [5, 5.41) is 19.1. The minimum Gasteiger partial charge on any atom is -0.505 e. The second-order valence-electron chi connectivity index (χ2n) is 5.57. The van der Waals surface area contributed by atoms with E-state index in [-0.39, 0.29) is 18.1 Å². The zero-order valence-electron chi connectivity index (χ0n) is 11.6. The largest absolute Gasteiger partial charge is 0.505 e. The van der Waals surface area contributed by atoms with Gasteiger partial charge < -0.3 is 29.2 Å². The fourth-order valence-corrected chi connectivity index (χ4v) is 1.85. The molecule has 2 heterocycles. The van der Waals surface area contributed by atoms with Crippen molar-refractivity contribution in [2.75, 3.05) is 6.61 Å².